The van der Waals surface area contributed by atoms with Crippen molar-refractivity contribution >= 4 is 23.4 Å². The number of hydrogen-bond donors (Lipinski definition) is 3. The van der Waals surface area contributed by atoms with Crippen molar-refractivity contribution in [2.45, 2.75) is 20.4 Å². The molecule has 0 saturated heterocycles. The van der Waals surface area contributed by atoms with Crippen LogP contribution >= 0.6 is 0 Å². The zero-order valence-corrected chi connectivity index (χ0v) is 18.6. The molecule has 32 heavy (non-hydrogen) atoms. The molecule has 0 aliphatic heterocycles. The topological polar surface area (TPSA) is 99.2 Å². The van der Waals surface area contributed by atoms with Gasteiger partial charge in [-0.25, -0.2) is 9.78 Å². The van der Waals surface area contributed by atoms with Gasteiger partial charge in [-0.3, -0.25) is 9.78 Å². The zero-order valence-electron chi connectivity index (χ0n) is 18.6. The molecule has 0 radical (unpaired) electrons. The zero-order chi connectivity index (χ0) is 22.9. The predicted octanol–water partition coefficient (Wildman–Crippen LogP) is 3.67. The maximum absolute atomic E-state index is 12.3. The largest absolute Gasteiger partial charge is 0.356 e. The summed E-state index contributed by atoms with van der Waals surface area (Å²) in [5.41, 5.74) is 3.79. The lowest BCUT2D eigenvalue weighted by Crippen LogP contribution is -2.28. The van der Waals surface area contributed by atoms with Crippen LogP contribution in [0.5, 0.6) is 0 Å². The second kappa shape index (κ2) is 10.9. The second-order valence-corrected chi connectivity index (χ2v) is 7.07. The molecule has 1 aromatic carbocycles. The molecule has 8 heteroatoms. The molecule has 0 fully saturated rings. The van der Waals surface area contributed by atoms with Crippen LogP contribution in [0.3, 0.4) is 0 Å². The van der Waals surface area contributed by atoms with Crippen LogP contribution in [0.15, 0.2) is 60.9 Å². The fourth-order valence-electron chi connectivity index (χ4n) is 3.27. The molecule has 2 heterocycles. The molecule has 2 aromatic heterocycles. The number of anilines is 2. The highest BCUT2D eigenvalue weighted by Gasteiger charge is 2.17. The minimum Gasteiger partial charge on any atom is -0.356 e. The molecule has 166 valence electrons. The van der Waals surface area contributed by atoms with Gasteiger partial charge in [-0.05, 0) is 49.7 Å². The maximum Gasteiger partial charge on any atom is 0.319 e. The van der Waals surface area contributed by atoms with E-state index in [1.807, 2.05) is 56.3 Å². The van der Waals surface area contributed by atoms with Crippen molar-refractivity contribution in [3.05, 3.63) is 72.1 Å². The number of aromatic nitrogens is 2. The molecule has 0 spiro atoms. The number of rotatable bonds is 8. The third-order valence-electron chi connectivity index (χ3n) is 5.02. The number of hydrogen-bond acceptors (Lipinski definition) is 5. The number of nitrogens with zero attached hydrogens (tertiary/aromatic N) is 3. The Morgan fingerprint density at radius 2 is 1.75 bits per heavy atom. The number of benzene rings is 1. The smallest absolute Gasteiger partial charge is 0.319 e. The summed E-state index contributed by atoms with van der Waals surface area (Å²) in [6.07, 6.45) is 3.40. The molecule has 3 rings (SSSR count). The van der Waals surface area contributed by atoms with E-state index in [-0.39, 0.29) is 11.9 Å². The van der Waals surface area contributed by atoms with Crippen LogP contribution in [-0.2, 0) is 6.54 Å². The van der Waals surface area contributed by atoms with Gasteiger partial charge in [0.05, 0.1) is 11.3 Å². The van der Waals surface area contributed by atoms with Crippen LogP contribution in [0, 0.1) is 0 Å². The summed E-state index contributed by atoms with van der Waals surface area (Å²) in [5, 5.41) is 8.30. The summed E-state index contributed by atoms with van der Waals surface area (Å²) in [7, 11) is 1.61. The van der Waals surface area contributed by atoms with Crippen molar-refractivity contribution in [1.82, 2.24) is 20.6 Å². The Balaban J connectivity index is 1.72. The van der Waals surface area contributed by atoms with Crippen LogP contribution < -0.4 is 20.9 Å². The normalized spacial score (nSPS) is 10.3. The minimum absolute atomic E-state index is 0.164. The summed E-state index contributed by atoms with van der Waals surface area (Å²) in [6, 6.07) is 14.5. The molecule has 3 amide bonds. The van der Waals surface area contributed by atoms with Gasteiger partial charge in [0.1, 0.15) is 5.82 Å². The number of carbonyl (C=O) groups excluding carboxylic acids is 2. The van der Waals surface area contributed by atoms with Crippen LogP contribution in [0.2, 0.25) is 0 Å². The third kappa shape index (κ3) is 5.60. The van der Waals surface area contributed by atoms with Crippen molar-refractivity contribution in [3.8, 4) is 11.3 Å². The Hall–Kier alpha value is -3.94. The van der Waals surface area contributed by atoms with Gasteiger partial charge in [0, 0.05) is 50.3 Å². The lowest BCUT2D eigenvalue weighted by atomic mass is 10.1. The average molecular weight is 433 g/mol. The van der Waals surface area contributed by atoms with Gasteiger partial charge >= 0.3 is 6.03 Å². The van der Waals surface area contributed by atoms with Crippen LogP contribution in [0.1, 0.15) is 29.8 Å². The molecule has 0 bridgehead atoms. The molecule has 0 unspecified atom stereocenters. The van der Waals surface area contributed by atoms with Gasteiger partial charge < -0.3 is 20.9 Å². The molecule has 0 aliphatic carbocycles. The van der Waals surface area contributed by atoms with Crippen molar-refractivity contribution in [2.24, 2.45) is 0 Å². The first-order chi connectivity index (χ1) is 15.5. The van der Waals surface area contributed by atoms with Crippen LogP contribution in [0.25, 0.3) is 11.3 Å². The first-order valence-corrected chi connectivity index (χ1v) is 10.6. The summed E-state index contributed by atoms with van der Waals surface area (Å²) in [5.74, 6) is 0.492. The van der Waals surface area contributed by atoms with E-state index >= 15 is 0 Å². The van der Waals surface area contributed by atoms with Crippen LogP contribution in [-0.4, -0.2) is 42.0 Å². The van der Waals surface area contributed by atoms with Crippen molar-refractivity contribution < 1.29 is 9.59 Å². The molecular formula is C24H28N6O2. The lowest BCUT2D eigenvalue weighted by Gasteiger charge is -2.23. The number of pyridine rings is 2. The van der Waals surface area contributed by atoms with E-state index < -0.39 is 0 Å². The molecule has 3 N–H and O–H groups in total. The molecule has 0 aliphatic rings. The summed E-state index contributed by atoms with van der Waals surface area (Å²) in [6.45, 7) is 5.95. The van der Waals surface area contributed by atoms with E-state index in [2.05, 4.69) is 25.8 Å². The number of carbonyl (C=O) groups is 2. The first kappa shape index (κ1) is 22.7. The number of urea groups is 1. The number of nitrogens with one attached hydrogen (secondary N) is 3. The van der Waals surface area contributed by atoms with Crippen LogP contribution in [0.4, 0.5) is 16.3 Å². The average Bonchev–Trinajstić information content (AvgIpc) is 2.84. The van der Waals surface area contributed by atoms with Gasteiger partial charge in [0.15, 0.2) is 0 Å². The lowest BCUT2D eigenvalue weighted by molar-refractivity contribution is 0.0963. The number of amides is 3. The highest BCUT2D eigenvalue weighted by molar-refractivity contribution is 5.99. The van der Waals surface area contributed by atoms with Gasteiger partial charge in [-0.2, -0.15) is 0 Å². The van der Waals surface area contributed by atoms with Gasteiger partial charge in [0.2, 0.25) is 0 Å². The standard InChI is InChI=1S/C24H28N6O2/c1-4-30(5-2)22-20(23(31)25-3)12-13-21(29-22)18-8-10-19(11-9-18)28-24(32)27-16-17-7-6-14-26-15-17/h6-15H,4-5,16H2,1-3H3,(H,25,31)(H2,27,28,32). The highest BCUT2D eigenvalue weighted by atomic mass is 16.2. The van der Waals surface area contributed by atoms with Crippen molar-refractivity contribution in [3.63, 3.8) is 0 Å². The van der Waals surface area contributed by atoms with E-state index in [1.54, 1.807) is 25.5 Å². The van der Waals surface area contributed by atoms with Crippen molar-refractivity contribution in [2.75, 3.05) is 30.4 Å². The summed E-state index contributed by atoms with van der Waals surface area (Å²) in [4.78, 5) is 35.3. The molecule has 3 aromatic rings. The Kier molecular flexibility index (Phi) is 7.75. The fraction of sp³-hybridized carbons (Fsp3) is 0.250. The Morgan fingerprint density at radius 1 is 1.00 bits per heavy atom. The highest BCUT2D eigenvalue weighted by Crippen LogP contribution is 2.25. The Labute approximate surface area is 188 Å². The first-order valence-electron chi connectivity index (χ1n) is 10.6. The van der Waals surface area contributed by atoms with Gasteiger partial charge in [-0.15, -0.1) is 0 Å². The van der Waals surface area contributed by atoms with E-state index in [1.165, 1.54) is 0 Å². The molecular weight excluding hydrogens is 404 g/mol. The van der Waals surface area contributed by atoms with Gasteiger partial charge in [-0.1, -0.05) is 18.2 Å². The molecule has 0 atom stereocenters. The quantitative estimate of drug-likeness (QED) is 0.504. The Morgan fingerprint density at radius 3 is 2.38 bits per heavy atom. The molecule has 0 saturated carbocycles. The summed E-state index contributed by atoms with van der Waals surface area (Å²) < 4.78 is 0. The molecule has 8 nitrogen and oxygen atoms in total. The minimum atomic E-state index is -0.293. The second-order valence-electron chi connectivity index (χ2n) is 7.07. The summed E-state index contributed by atoms with van der Waals surface area (Å²) >= 11 is 0. The van der Waals surface area contributed by atoms with E-state index in [4.69, 9.17) is 4.98 Å². The predicted molar refractivity (Wildman–Crippen MR) is 127 cm³/mol. The van der Waals surface area contributed by atoms with Gasteiger partial charge in [0.25, 0.3) is 5.91 Å². The monoisotopic (exact) mass is 432 g/mol. The maximum atomic E-state index is 12.3. The van der Waals surface area contributed by atoms with E-state index in [9.17, 15) is 9.59 Å². The SMILES string of the molecule is CCN(CC)c1nc(-c2ccc(NC(=O)NCc3cccnc3)cc2)ccc1C(=O)NC. The van der Waals surface area contributed by atoms with Crippen molar-refractivity contribution in [1.29, 1.82) is 0 Å². The van der Waals surface area contributed by atoms with E-state index in [0.717, 1.165) is 29.9 Å². The van der Waals surface area contributed by atoms with E-state index in [0.29, 0.717) is 23.6 Å². The Bertz CT molecular complexity index is 1050. The fourth-order valence-corrected chi connectivity index (χ4v) is 3.27. The third-order valence-corrected chi connectivity index (χ3v) is 5.02.